The van der Waals surface area contributed by atoms with Gasteiger partial charge in [-0.15, -0.1) is 0 Å². The van der Waals surface area contributed by atoms with Crippen molar-refractivity contribution in [3.8, 4) is 16.9 Å². The second-order valence-electron chi connectivity index (χ2n) is 9.49. The Morgan fingerprint density at radius 1 is 0.925 bits per heavy atom. The second-order valence-corrected chi connectivity index (χ2v) is 9.49. The van der Waals surface area contributed by atoms with Crippen molar-refractivity contribution in [3.63, 3.8) is 0 Å². The quantitative estimate of drug-likeness (QED) is 0.177. The molecule has 0 aliphatic rings. The molecule has 200 valence electrons. The summed E-state index contributed by atoms with van der Waals surface area (Å²) in [7, 11) is 13.6. The number of aliphatic carboxylic acids is 1. The summed E-state index contributed by atoms with van der Waals surface area (Å²) in [6.07, 6.45) is 7.49. The Morgan fingerprint density at radius 3 is 2.40 bits per heavy atom. The first-order chi connectivity index (χ1) is 19.4. The summed E-state index contributed by atoms with van der Waals surface area (Å²) in [6, 6.07) is 21.8. The zero-order valence-electron chi connectivity index (χ0n) is 22.2. The number of carboxylic acids is 1. The number of para-hydroxylation sites is 1. The molecule has 4 rings (SSSR count). The fourth-order valence-electron chi connectivity index (χ4n) is 4.42. The number of rotatable bonds is 14. The lowest BCUT2D eigenvalue weighted by Gasteiger charge is -2.41. The van der Waals surface area contributed by atoms with Crippen LogP contribution in [-0.4, -0.2) is 55.7 Å². The highest BCUT2D eigenvalue weighted by Gasteiger charge is 2.34. The first-order valence-corrected chi connectivity index (χ1v) is 13.2. The molecule has 9 heteroatoms. The van der Waals surface area contributed by atoms with Gasteiger partial charge < -0.3 is 19.2 Å². The summed E-state index contributed by atoms with van der Waals surface area (Å²) in [6.45, 7) is 0.583. The number of carbonyl (C=O) groups excluding carboxylic acids is 1. The van der Waals surface area contributed by atoms with Crippen molar-refractivity contribution in [1.29, 1.82) is 0 Å². The van der Waals surface area contributed by atoms with E-state index < -0.39 is 11.3 Å². The van der Waals surface area contributed by atoms with Gasteiger partial charge in [0.2, 0.25) is 0 Å². The van der Waals surface area contributed by atoms with E-state index in [2.05, 4.69) is 4.98 Å². The molecule has 4 aromatic rings. The lowest BCUT2D eigenvalue weighted by Crippen LogP contribution is -2.51. The van der Waals surface area contributed by atoms with Gasteiger partial charge in [-0.2, -0.15) is 0 Å². The van der Waals surface area contributed by atoms with Gasteiger partial charge in [-0.05, 0) is 66.6 Å². The summed E-state index contributed by atoms with van der Waals surface area (Å²) in [4.78, 5) is 30.5. The Balaban J connectivity index is 1.57. The lowest BCUT2D eigenvalue weighted by molar-refractivity contribution is -0.137. The predicted molar refractivity (Wildman–Crippen MR) is 154 cm³/mol. The minimum Gasteiger partial charge on any atom is -0.493 e. The normalized spacial score (nSPS) is 11.2. The molecule has 0 bridgehead atoms. The number of amides is 1. The number of furan rings is 1. The summed E-state index contributed by atoms with van der Waals surface area (Å²) in [5, 5.41) is 7.13. The third-order valence-corrected chi connectivity index (χ3v) is 6.61. The van der Waals surface area contributed by atoms with E-state index >= 15 is 0 Å². The number of ether oxygens (including phenoxy) is 1. The molecular formula is C31H30B2N2O5. The fraction of sp³-hybridized carbons (Fsp3) is 0.258. The molecule has 2 aromatic carbocycles. The van der Waals surface area contributed by atoms with Crippen molar-refractivity contribution >= 4 is 27.6 Å². The van der Waals surface area contributed by atoms with Crippen molar-refractivity contribution in [3.05, 3.63) is 108 Å². The maximum Gasteiger partial charge on any atom is 0.303 e. The monoisotopic (exact) mass is 532 g/mol. The van der Waals surface area contributed by atoms with E-state index in [0.717, 1.165) is 16.8 Å². The van der Waals surface area contributed by atoms with Gasteiger partial charge in [0.05, 0.1) is 34.8 Å². The van der Waals surface area contributed by atoms with Crippen LogP contribution >= 0.6 is 0 Å². The molecule has 0 aliphatic heterocycles. The average molecular weight is 532 g/mol. The third kappa shape index (κ3) is 7.44. The van der Waals surface area contributed by atoms with Crippen LogP contribution in [0.4, 0.5) is 0 Å². The largest absolute Gasteiger partial charge is 0.493 e. The standard InChI is InChI=1S/C31H30B2N2O5/c32-31(33,27-9-3-4-10-28(27)40-20-7-1-2-11-29(36)37)35(19-16-26-8-5-6-18-34-26)30(38)24-14-12-23(13-15-24)25-17-21-39-22-25/h3-6,8-10,12-15,17-18,21-22H,1-2,7,11,16,19-20H2,(H,36,37). The van der Waals surface area contributed by atoms with E-state index in [1.165, 1.54) is 4.90 Å². The molecule has 7 nitrogen and oxygen atoms in total. The number of carbonyl (C=O) groups is 2. The van der Waals surface area contributed by atoms with Gasteiger partial charge in [0.25, 0.3) is 5.91 Å². The second kappa shape index (κ2) is 13.7. The number of unbranched alkanes of at least 4 members (excludes halogenated alkanes) is 2. The Kier molecular flexibility index (Phi) is 9.84. The minimum absolute atomic E-state index is 0.127. The number of carboxylic acid groups (broad SMARTS) is 1. The first kappa shape index (κ1) is 28.7. The summed E-state index contributed by atoms with van der Waals surface area (Å²) in [5.41, 5.74) is 3.53. The number of benzene rings is 2. The van der Waals surface area contributed by atoms with Crippen LogP contribution in [0.5, 0.6) is 5.75 Å². The number of aromatic nitrogens is 1. The van der Waals surface area contributed by atoms with Crippen molar-refractivity contribution in [2.45, 2.75) is 37.4 Å². The molecule has 0 spiro atoms. The van der Waals surface area contributed by atoms with Gasteiger partial charge in [0.15, 0.2) is 0 Å². The van der Waals surface area contributed by atoms with Crippen molar-refractivity contribution in [1.82, 2.24) is 9.88 Å². The van der Waals surface area contributed by atoms with E-state index in [1.54, 1.807) is 49.1 Å². The van der Waals surface area contributed by atoms with Crippen LogP contribution in [0.15, 0.2) is 95.9 Å². The zero-order valence-corrected chi connectivity index (χ0v) is 22.2. The highest BCUT2D eigenvalue weighted by Crippen LogP contribution is 2.32. The maximum atomic E-state index is 13.9. The number of hydrogen-bond acceptors (Lipinski definition) is 5. The van der Waals surface area contributed by atoms with E-state index in [1.807, 2.05) is 42.5 Å². The van der Waals surface area contributed by atoms with Gasteiger partial charge in [-0.3, -0.25) is 14.6 Å². The molecule has 0 aliphatic carbocycles. The van der Waals surface area contributed by atoms with E-state index in [-0.39, 0.29) is 18.9 Å². The molecule has 4 radical (unpaired) electrons. The lowest BCUT2D eigenvalue weighted by atomic mass is 9.56. The molecule has 1 N–H and O–H groups in total. The molecule has 2 aromatic heterocycles. The minimum atomic E-state index is -1.70. The smallest absolute Gasteiger partial charge is 0.303 e. The number of hydrogen-bond donors (Lipinski definition) is 1. The van der Waals surface area contributed by atoms with Gasteiger partial charge in [-0.1, -0.05) is 36.4 Å². The van der Waals surface area contributed by atoms with Crippen molar-refractivity contribution in [2.75, 3.05) is 13.2 Å². The van der Waals surface area contributed by atoms with Crippen LogP contribution in [0.25, 0.3) is 11.1 Å². The number of nitrogens with zero attached hydrogens (tertiary/aromatic N) is 2. The molecular weight excluding hydrogens is 502 g/mol. The molecule has 0 fully saturated rings. The Morgan fingerprint density at radius 2 is 1.70 bits per heavy atom. The van der Waals surface area contributed by atoms with E-state index in [9.17, 15) is 9.59 Å². The van der Waals surface area contributed by atoms with Crippen molar-refractivity contribution in [2.24, 2.45) is 0 Å². The van der Waals surface area contributed by atoms with Crippen LogP contribution < -0.4 is 4.74 Å². The third-order valence-electron chi connectivity index (χ3n) is 6.61. The van der Waals surface area contributed by atoms with Crippen molar-refractivity contribution < 1.29 is 23.8 Å². The van der Waals surface area contributed by atoms with Crippen LogP contribution in [0.1, 0.15) is 47.3 Å². The SMILES string of the molecule is [B]C([B])(c1ccccc1OCCCCCC(=O)O)N(CCc1ccccn1)C(=O)c1ccc(-c2ccoc2)cc1. The summed E-state index contributed by atoms with van der Waals surface area (Å²) >= 11 is 0. The molecule has 0 atom stereocenters. The molecule has 2 heterocycles. The highest BCUT2D eigenvalue weighted by molar-refractivity contribution is 6.41. The molecule has 0 unspecified atom stereocenters. The summed E-state index contributed by atoms with van der Waals surface area (Å²) in [5.74, 6) is -0.672. The fourth-order valence-corrected chi connectivity index (χ4v) is 4.42. The van der Waals surface area contributed by atoms with Gasteiger partial charge in [-0.25, -0.2) is 0 Å². The van der Waals surface area contributed by atoms with Gasteiger partial charge >= 0.3 is 5.97 Å². The molecule has 0 saturated heterocycles. The topological polar surface area (TPSA) is 92.9 Å². The number of pyridine rings is 1. The van der Waals surface area contributed by atoms with Gasteiger partial charge in [0, 0.05) is 48.0 Å². The maximum absolute atomic E-state index is 13.9. The Hall–Kier alpha value is -4.26. The van der Waals surface area contributed by atoms with Crippen LogP contribution in [0, 0.1) is 0 Å². The van der Waals surface area contributed by atoms with E-state index in [4.69, 9.17) is 30.0 Å². The molecule has 40 heavy (non-hydrogen) atoms. The Bertz CT molecular complexity index is 1380. The van der Waals surface area contributed by atoms with Crippen LogP contribution in [-0.2, 0) is 16.6 Å². The Labute approximate surface area is 237 Å². The van der Waals surface area contributed by atoms with Gasteiger partial charge in [0.1, 0.15) is 5.75 Å². The predicted octanol–water partition coefficient (Wildman–Crippen LogP) is 5.20. The molecule has 0 saturated carbocycles. The first-order valence-electron chi connectivity index (χ1n) is 13.2. The zero-order chi connectivity index (χ0) is 28.4. The average Bonchev–Trinajstić information content (AvgIpc) is 3.51. The molecule has 1 amide bonds. The van der Waals surface area contributed by atoms with Crippen LogP contribution in [0.3, 0.4) is 0 Å². The van der Waals surface area contributed by atoms with Crippen LogP contribution in [0.2, 0.25) is 0 Å². The highest BCUT2D eigenvalue weighted by atomic mass is 16.5. The summed E-state index contributed by atoms with van der Waals surface area (Å²) < 4.78 is 11.2. The van der Waals surface area contributed by atoms with E-state index in [0.29, 0.717) is 49.2 Å².